The molecule has 3 N–H and O–H groups in total. The average molecular weight is 394 g/mol. The SMILES string of the molecule is Cc1ccc(Br)cc1NS(=O)(=O)c1cc(Cl)cc(N)c1F. The van der Waals surface area contributed by atoms with Gasteiger partial charge in [-0.25, -0.2) is 12.8 Å². The summed E-state index contributed by atoms with van der Waals surface area (Å²) in [7, 11) is -4.14. The number of anilines is 2. The van der Waals surface area contributed by atoms with E-state index in [4.69, 9.17) is 17.3 Å². The monoisotopic (exact) mass is 392 g/mol. The van der Waals surface area contributed by atoms with Crippen molar-refractivity contribution in [3.63, 3.8) is 0 Å². The maximum atomic E-state index is 13.9. The van der Waals surface area contributed by atoms with Crippen LogP contribution in [0.3, 0.4) is 0 Å². The Labute approximate surface area is 135 Å². The number of nitrogens with two attached hydrogens (primary N) is 1. The zero-order valence-corrected chi connectivity index (χ0v) is 14.0. The molecule has 112 valence electrons. The minimum Gasteiger partial charge on any atom is -0.396 e. The topological polar surface area (TPSA) is 72.2 Å². The fourth-order valence-corrected chi connectivity index (χ4v) is 3.59. The smallest absolute Gasteiger partial charge is 0.264 e. The van der Waals surface area contributed by atoms with E-state index < -0.39 is 20.7 Å². The summed E-state index contributed by atoms with van der Waals surface area (Å²) in [4.78, 5) is -0.591. The minimum absolute atomic E-state index is 0.0419. The minimum atomic E-state index is -4.14. The van der Waals surface area contributed by atoms with Crippen LogP contribution in [0.15, 0.2) is 39.7 Å². The van der Waals surface area contributed by atoms with Gasteiger partial charge < -0.3 is 5.73 Å². The largest absolute Gasteiger partial charge is 0.396 e. The van der Waals surface area contributed by atoms with Crippen molar-refractivity contribution in [1.82, 2.24) is 0 Å². The summed E-state index contributed by atoms with van der Waals surface area (Å²) in [6, 6.07) is 7.25. The molecule has 21 heavy (non-hydrogen) atoms. The van der Waals surface area contributed by atoms with Gasteiger partial charge >= 0.3 is 0 Å². The number of halogens is 3. The molecule has 2 aromatic rings. The zero-order valence-electron chi connectivity index (χ0n) is 10.8. The summed E-state index contributed by atoms with van der Waals surface area (Å²) in [6.07, 6.45) is 0. The average Bonchev–Trinajstić information content (AvgIpc) is 2.37. The molecule has 0 spiro atoms. The van der Waals surface area contributed by atoms with Crippen molar-refractivity contribution < 1.29 is 12.8 Å². The first-order valence-electron chi connectivity index (χ1n) is 5.74. The second-order valence-corrected chi connectivity index (χ2v) is 7.37. The van der Waals surface area contributed by atoms with E-state index in [0.717, 1.165) is 12.1 Å². The van der Waals surface area contributed by atoms with E-state index in [1.54, 1.807) is 25.1 Å². The fraction of sp³-hybridized carbons (Fsp3) is 0.0769. The number of benzene rings is 2. The van der Waals surface area contributed by atoms with Crippen LogP contribution >= 0.6 is 27.5 Å². The molecule has 0 saturated carbocycles. The van der Waals surface area contributed by atoms with Crippen molar-refractivity contribution in [2.24, 2.45) is 0 Å². The van der Waals surface area contributed by atoms with Crippen LogP contribution in [0, 0.1) is 12.7 Å². The number of nitrogens with one attached hydrogen (secondary N) is 1. The molecule has 0 saturated heterocycles. The molecule has 0 aromatic heterocycles. The zero-order chi connectivity index (χ0) is 15.8. The molecular formula is C13H11BrClFN2O2S. The summed E-state index contributed by atoms with van der Waals surface area (Å²) in [5.41, 5.74) is 6.11. The lowest BCUT2D eigenvalue weighted by atomic mass is 10.2. The molecule has 0 unspecified atom stereocenters. The van der Waals surface area contributed by atoms with Gasteiger partial charge in [0.25, 0.3) is 10.0 Å². The molecule has 0 radical (unpaired) electrons. The summed E-state index contributed by atoms with van der Waals surface area (Å²) in [6.45, 7) is 1.73. The van der Waals surface area contributed by atoms with Crippen LogP contribution in [0.4, 0.5) is 15.8 Å². The lowest BCUT2D eigenvalue weighted by Crippen LogP contribution is -2.16. The van der Waals surface area contributed by atoms with E-state index >= 15 is 0 Å². The second-order valence-electron chi connectivity index (χ2n) is 4.37. The van der Waals surface area contributed by atoms with Gasteiger partial charge in [-0.3, -0.25) is 4.72 Å². The predicted molar refractivity (Wildman–Crippen MR) is 85.5 cm³/mol. The third kappa shape index (κ3) is 3.48. The molecule has 0 aliphatic heterocycles. The van der Waals surface area contributed by atoms with Crippen molar-refractivity contribution in [1.29, 1.82) is 0 Å². The Balaban J connectivity index is 2.51. The van der Waals surface area contributed by atoms with Gasteiger partial charge in [0.2, 0.25) is 0 Å². The van der Waals surface area contributed by atoms with E-state index in [1.165, 1.54) is 0 Å². The first-order chi connectivity index (χ1) is 9.70. The Bertz CT molecular complexity index is 812. The van der Waals surface area contributed by atoms with Crippen LogP contribution in [0.5, 0.6) is 0 Å². The van der Waals surface area contributed by atoms with Crippen molar-refractivity contribution in [3.05, 3.63) is 51.2 Å². The van der Waals surface area contributed by atoms with Gasteiger partial charge in [-0.05, 0) is 36.8 Å². The van der Waals surface area contributed by atoms with Crippen LogP contribution in [-0.4, -0.2) is 8.42 Å². The maximum absolute atomic E-state index is 13.9. The number of nitrogen functional groups attached to an aromatic ring is 1. The summed E-state index contributed by atoms with van der Waals surface area (Å²) in [5.74, 6) is -1.03. The molecule has 0 amide bonds. The summed E-state index contributed by atoms with van der Waals surface area (Å²) >= 11 is 8.99. The van der Waals surface area contributed by atoms with Crippen molar-refractivity contribution in [2.45, 2.75) is 11.8 Å². The third-order valence-corrected chi connectivity index (χ3v) is 4.84. The van der Waals surface area contributed by atoms with E-state index in [1.807, 2.05) is 0 Å². The van der Waals surface area contributed by atoms with Crippen LogP contribution in [0.1, 0.15) is 5.56 Å². The standard InChI is InChI=1S/C13H11BrClFN2O2S/c1-7-2-3-8(14)4-11(7)18-21(19,20)12-6-9(15)5-10(17)13(12)16/h2-6,18H,17H2,1H3. The molecule has 0 heterocycles. The van der Waals surface area contributed by atoms with Crippen molar-refractivity contribution in [2.75, 3.05) is 10.5 Å². The van der Waals surface area contributed by atoms with Gasteiger partial charge in [-0.1, -0.05) is 33.6 Å². The predicted octanol–water partition coefficient (Wildman–Crippen LogP) is 3.93. The second kappa shape index (κ2) is 5.82. The van der Waals surface area contributed by atoms with Gasteiger partial charge in [-0.15, -0.1) is 0 Å². The molecule has 0 bridgehead atoms. The number of aryl methyl sites for hydroxylation is 1. The highest BCUT2D eigenvalue weighted by molar-refractivity contribution is 9.10. The number of sulfonamides is 1. The van der Waals surface area contributed by atoms with Crippen molar-refractivity contribution in [3.8, 4) is 0 Å². The van der Waals surface area contributed by atoms with E-state index in [-0.39, 0.29) is 10.7 Å². The molecule has 0 aliphatic carbocycles. The van der Waals surface area contributed by atoms with Crippen LogP contribution in [0.25, 0.3) is 0 Å². The Morgan fingerprint density at radius 2 is 1.95 bits per heavy atom. The molecule has 4 nitrogen and oxygen atoms in total. The van der Waals surface area contributed by atoms with E-state index in [2.05, 4.69) is 20.7 Å². The van der Waals surface area contributed by atoms with E-state index in [0.29, 0.717) is 15.7 Å². The van der Waals surface area contributed by atoms with Gasteiger partial charge in [0.05, 0.1) is 11.4 Å². The highest BCUT2D eigenvalue weighted by atomic mass is 79.9. The molecule has 0 atom stereocenters. The molecule has 2 aromatic carbocycles. The number of rotatable bonds is 3. The Kier molecular flexibility index (Phi) is 4.46. The first-order valence-corrected chi connectivity index (χ1v) is 8.39. The Hall–Kier alpha value is -1.31. The van der Waals surface area contributed by atoms with Gasteiger partial charge in [0.1, 0.15) is 4.90 Å². The summed E-state index contributed by atoms with van der Waals surface area (Å²) < 4.78 is 41.6. The van der Waals surface area contributed by atoms with Gasteiger partial charge in [-0.2, -0.15) is 0 Å². The van der Waals surface area contributed by atoms with Crippen LogP contribution in [-0.2, 0) is 10.0 Å². The molecule has 8 heteroatoms. The van der Waals surface area contributed by atoms with Crippen molar-refractivity contribution >= 4 is 48.9 Å². The normalized spacial score (nSPS) is 11.4. The van der Waals surface area contributed by atoms with E-state index in [9.17, 15) is 12.8 Å². The maximum Gasteiger partial charge on any atom is 0.264 e. The number of hydrogen-bond acceptors (Lipinski definition) is 3. The number of hydrogen-bond donors (Lipinski definition) is 2. The molecule has 0 fully saturated rings. The Morgan fingerprint density at radius 1 is 1.29 bits per heavy atom. The quantitative estimate of drug-likeness (QED) is 0.776. The Morgan fingerprint density at radius 3 is 2.62 bits per heavy atom. The van der Waals surface area contributed by atoms with Crippen LogP contribution in [0.2, 0.25) is 5.02 Å². The highest BCUT2D eigenvalue weighted by Gasteiger charge is 2.22. The molecule has 0 aliphatic rings. The first kappa shape index (κ1) is 16.1. The third-order valence-electron chi connectivity index (χ3n) is 2.77. The highest BCUT2D eigenvalue weighted by Crippen LogP contribution is 2.28. The van der Waals surface area contributed by atoms with Gasteiger partial charge in [0.15, 0.2) is 5.82 Å². The molecular weight excluding hydrogens is 383 g/mol. The lowest BCUT2D eigenvalue weighted by Gasteiger charge is -2.12. The fourth-order valence-electron chi connectivity index (χ4n) is 1.68. The molecule has 2 rings (SSSR count). The van der Waals surface area contributed by atoms with Gasteiger partial charge in [0, 0.05) is 9.50 Å². The lowest BCUT2D eigenvalue weighted by molar-refractivity contribution is 0.573. The van der Waals surface area contributed by atoms with Crippen LogP contribution < -0.4 is 10.5 Å². The summed E-state index contributed by atoms with van der Waals surface area (Å²) in [5, 5.41) is 0.0419.